The van der Waals surface area contributed by atoms with Crippen LogP contribution in [0.3, 0.4) is 0 Å². The fourth-order valence-electron chi connectivity index (χ4n) is 3.57. The van der Waals surface area contributed by atoms with E-state index in [1.807, 2.05) is 36.9 Å². The Morgan fingerprint density at radius 1 is 1.48 bits per heavy atom. The van der Waals surface area contributed by atoms with Crippen LogP contribution in [0.1, 0.15) is 25.8 Å². The van der Waals surface area contributed by atoms with E-state index in [1.165, 1.54) is 0 Å². The van der Waals surface area contributed by atoms with E-state index < -0.39 is 0 Å². The SMILES string of the molecule is CCOc1cccc(CCNC(=O)N2C[C@H](C)O[C@]3(CCOC3)C2)c1. The van der Waals surface area contributed by atoms with E-state index in [4.69, 9.17) is 14.2 Å². The molecule has 6 nitrogen and oxygen atoms in total. The van der Waals surface area contributed by atoms with Gasteiger partial charge in [-0.15, -0.1) is 0 Å². The van der Waals surface area contributed by atoms with Crippen molar-refractivity contribution in [2.24, 2.45) is 0 Å². The van der Waals surface area contributed by atoms with Crippen molar-refractivity contribution in [3.8, 4) is 5.75 Å². The number of amides is 2. The summed E-state index contributed by atoms with van der Waals surface area (Å²) in [4.78, 5) is 14.4. The highest BCUT2D eigenvalue weighted by molar-refractivity contribution is 5.74. The quantitative estimate of drug-likeness (QED) is 0.886. The van der Waals surface area contributed by atoms with E-state index in [-0.39, 0.29) is 17.7 Å². The first-order chi connectivity index (χ1) is 12.1. The monoisotopic (exact) mass is 348 g/mol. The smallest absolute Gasteiger partial charge is 0.317 e. The van der Waals surface area contributed by atoms with Gasteiger partial charge in [0.2, 0.25) is 0 Å². The molecule has 138 valence electrons. The van der Waals surface area contributed by atoms with Gasteiger partial charge in [-0.05, 0) is 38.0 Å². The van der Waals surface area contributed by atoms with Gasteiger partial charge in [-0.1, -0.05) is 12.1 Å². The van der Waals surface area contributed by atoms with E-state index in [9.17, 15) is 4.79 Å². The summed E-state index contributed by atoms with van der Waals surface area (Å²) in [6.45, 7) is 7.74. The van der Waals surface area contributed by atoms with Crippen LogP contribution in [-0.4, -0.2) is 62.1 Å². The number of carbonyl (C=O) groups excluding carboxylic acids is 1. The van der Waals surface area contributed by atoms with Crippen LogP contribution in [0.25, 0.3) is 0 Å². The lowest BCUT2D eigenvalue weighted by Gasteiger charge is -2.42. The van der Waals surface area contributed by atoms with Crippen LogP contribution in [0.4, 0.5) is 4.79 Å². The van der Waals surface area contributed by atoms with Gasteiger partial charge in [-0.25, -0.2) is 4.79 Å². The van der Waals surface area contributed by atoms with E-state index in [0.717, 1.165) is 24.2 Å². The van der Waals surface area contributed by atoms with E-state index in [1.54, 1.807) is 0 Å². The minimum absolute atomic E-state index is 0.0256. The highest BCUT2D eigenvalue weighted by Crippen LogP contribution is 2.29. The molecule has 2 saturated heterocycles. The second-order valence-electron chi connectivity index (χ2n) is 6.86. The van der Waals surface area contributed by atoms with Crippen LogP contribution in [0.2, 0.25) is 0 Å². The van der Waals surface area contributed by atoms with Crippen LogP contribution in [-0.2, 0) is 15.9 Å². The molecular weight excluding hydrogens is 320 g/mol. The molecule has 0 radical (unpaired) electrons. The van der Waals surface area contributed by atoms with Gasteiger partial charge >= 0.3 is 6.03 Å². The summed E-state index contributed by atoms with van der Waals surface area (Å²) in [5.74, 6) is 0.872. The molecule has 0 bridgehead atoms. The number of benzene rings is 1. The number of ether oxygens (including phenoxy) is 3. The minimum Gasteiger partial charge on any atom is -0.494 e. The van der Waals surface area contributed by atoms with Gasteiger partial charge in [0, 0.05) is 26.1 Å². The van der Waals surface area contributed by atoms with Crippen molar-refractivity contribution in [1.29, 1.82) is 0 Å². The average molecular weight is 348 g/mol. The molecule has 1 aromatic carbocycles. The standard InChI is InChI=1S/C19H28N2O4/c1-3-24-17-6-4-5-16(11-17)7-9-20-18(22)21-12-15(2)25-19(13-21)8-10-23-14-19/h4-6,11,15H,3,7-10,12-14H2,1-2H3,(H,20,22)/t15-,19+/m0/s1. The summed E-state index contributed by atoms with van der Waals surface area (Å²) < 4.78 is 17.1. The lowest BCUT2D eigenvalue weighted by molar-refractivity contribution is -0.137. The second-order valence-corrected chi connectivity index (χ2v) is 6.86. The highest BCUT2D eigenvalue weighted by atomic mass is 16.6. The molecule has 2 fully saturated rings. The number of nitrogens with one attached hydrogen (secondary N) is 1. The molecule has 2 atom stereocenters. The molecule has 3 rings (SSSR count). The molecule has 0 aliphatic carbocycles. The summed E-state index contributed by atoms with van der Waals surface area (Å²) in [6, 6.07) is 7.98. The molecule has 2 amide bonds. The average Bonchev–Trinajstić information content (AvgIpc) is 3.02. The Labute approximate surface area is 149 Å². The first-order valence-electron chi connectivity index (χ1n) is 9.10. The Kier molecular flexibility index (Phi) is 5.81. The van der Waals surface area contributed by atoms with E-state index in [0.29, 0.717) is 39.5 Å². The first kappa shape index (κ1) is 18.0. The number of nitrogens with zero attached hydrogens (tertiary/aromatic N) is 1. The third-order valence-corrected chi connectivity index (χ3v) is 4.66. The molecule has 1 N–H and O–H groups in total. The summed E-state index contributed by atoms with van der Waals surface area (Å²) in [7, 11) is 0. The topological polar surface area (TPSA) is 60.0 Å². The maximum atomic E-state index is 12.5. The Hall–Kier alpha value is -1.79. The second kappa shape index (κ2) is 8.06. The van der Waals surface area contributed by atoms with Crippen molar-refractivity contribution < 1.29 is 19.0 Å². The lowest BCUT2D eigenvalue weighted by Crippen LogP contribution is -2.59. The van der Waals surface area contributed by atoms with Crippen molar-refractivity contribution in [3.05, 3.63) is 29.8 Å². The summed E-state index contributed by atoms with van der Waals surface area (Å²) in [5.41, 5.74) is 0.836. The van der Waals surface area contributed by atoms with Gasteiger partial charge in [-0.2, -0.15) is 0 Å². The zero-order valence-electron chi connectivity index (χ0n) is 15.1. The zero-order chi connectivity index (χ0) is 17.7. The first-order valence-corrected chi connectivity index (χ1v) is 9.10. The van der Waals surface area contributed by atoms with Gasteiger partial charge < -0.3 is 24.4 Å². The molecule has 0 unspecified atom stereocenters. The fraction of sp³-hybridized carbons (Fsp3) is 0.632. The number of carbonyl (C=O) groups is 1. The molecule has 1 aromatic rings. The van der Waals surface area contributed by atoms with Gasteiger partial charge in [0.05, 0.1) is 25.9 Å². The van der Waals surface area contributed by atoms with Crippen LogP contribution < -0.4 is 10.1 Å². The van der Waals surface area contributed by atoms with E-state index in [2.05, 4.69) is 11.4 Å². The maximum absolute atomic E-state index is 12.5. The molecule has 0 saturated carbocycles. The van der Waals surface area contributed by atoms with E-state index >= 15 is 0 Å². The molecule has 25 heavy (non-hydrogen) atoms. The van der Waals surface area contributed by atoms with Crippen LogP contribution in [0, 0.1) is 0 Å². The highest BCUT2D eigenvalue weighted by Gasteiger charge is 2.43. The molecule has 0 aromatic heterocycles. The molecule has 2 aliphatic heterocycles. The number of urea groups is 1. The summed E-state index contributed by atoms with van der Waals surface area (Å²) in [6.07, 6.45) is 1.66. The molecule has 2 aliphatic rings. The summed E-state index contributed by atoms with van der Waals surface area (Å²) in [5, 5.41) is 3.03. The Morgan fingerprint density at radius 3 is 3.12 bits per heavy atom. The summed E-state index contributed by atoms with van der Waals surface area (Å²) >= 11 is 0. The van der Waals surface area contributed by atoms with Gasteiger partial charge in [-0.3, -0.25) is 0 Å². The van der Waals surface area contributed by atoms with Crippen molar-refractivity contribution >= 4 is 6.03 Å². The minimum atomic E-state index is -0.319. The largest absolute Gasteiger partial charge is 0.494 e. The zero-order valence-corrected chi connectivity index (χ0v) is 15.1. The normalized spacial score (nSPS) is 26.0. The van der Waals surface area contributed by atoms with Crippen molar-refractivity contribution in [3.63, 3.8) is 0 Å². The van der Waals surface area contributed by atoms with Gasteiger partial charge in [0.25, 0.3) is 0 Å². The molecule has 2 heterocycles. The predicted molar refractivity (Wildman–Crippen MR) is 95.0 cm³/mol. The number of morpholine rings is 1. The number of hydrogen-bond acceptors (Lipinski definition) is 4. The molecule has 6 heteroatoms. The third kappa shape index (κ3) is 4.64. The molecule has 1 spiro atoms. The molecular formula is C19H28N2O4. The lowest BCUT2D eigenvalue weighted by atomic mass is 9.99. The van der Waals surface area contributed by atoms with Crippen LogP contribution in [0.15, 0.2) is 24.3 Å². The maximum Gasteiger partial charge on any atom is 0.317 e. The van der Waals surface area contributed by atoms with Crippen LogP contribution >= 0.6 is 0 Å². The fourth-order valence-corrected chi connectivity index (χ4v) is 3.57. The van der Waals surface area contributed by atoms with Crippen molar-refractivity contribution in [2.75, 3.05) is 39.5 Å². The van der Waals surface area contributed by atoms with Gasteiger partial charge in [0.1, 0.15) is 11.4 Å². The Morgan fingerprint density at radius 2 is 2.36 bits per heavy atom. The van der Waals surface area contributed by atoms with Crippen molar-refractivity contribution in [1.82, 2.24) is 10.2 Å². The number of rotatable bonds is 5. The Balaban J connectivity index is 1.49. The van der Waals surface area contributed by atoms with Gasteiger partial charge in [0.15, 0.2) is 0 Å². The number of hydrogen-bond donors (Lipinski definition) is 1. The predicted octanol–water partition coefficient (Wildman–Crippen LogP) is 2.22. The van der Waals surface area contributed by atoms with Crippen LogP contribution in [0.5, 0.6) is 5.75 Å². The third-order valence-electron chi connectivity index (χ3n) is 4.66. The van der Waals surface area contributed by atoms with Crippen molar-refractivity contribution in [2.45, 2.75) is 38.4 Å². The Bertz CT molecular complexity index is 587.